The van der Waals surface area contributed by atoms with Gasteiger partial charge in [-0.3, -0.25) is 0 Å². The van der Waals surface area contributed by atoms with E-state index < -0.39 is 0 Å². The average molecular weight is 350 g/mol. The van der Waals surface area contributed by atoms with Crippen molar-refractivity contribution in [2.45, 2.75) is 28.9 Å². The molecule has 0 aromatic rings. The minimum absolute atomic E-state index is 0.0836. The van der Waals surface area contributed by atoms with Crippen molar-refractivity contribution < 1.29 is 24.6 Å². The second kappa shape index (κ2) is 4.59. The molecule has 1 fully saturated rings. The molecule has 0 spiro atoms. The summed E-state index contributed by atoms with van der Waals surface area (Å²) in [7, 11) is -0.0836. The van der Waals surface area contributed by atoms with E-state index in [0.29, 0.717) is 0 Å². The van der Waals surface area contributed by atoms with Crippen LogP contribution in [-0.2, 0) is 24.6 Å². The van der Waals surface area contributed by atoms with Gasteiger partial charge in [-0.05, 0) is 0 Å². The van der Waals surface area contributed by atoms with Crippen LogP contribution in [0.3, 0.4) is 0 Å². The Balaban J connectivity index is 2.30. The van der Waals surface area contributed by atoms with Crippen molar-refractivity contribution in [2.75, 3.05) is 6.61 Å². The van der Waals surface area contributed by atoms with Crippen LogP contribution in [-0.4, -0.2) is 19.7 Å². The molecule has 11 heavy (non-hydrogen) atoms. The molecule has 0 amide bonds. The molecule has 0 bridgehead atoms. The number of hydrogen-bond acceptors (Lipinski definition) is 1. The Hall–Kier alpha value is 0.605. The van der Waals surface area contributed by atoms with Gasteiger partial charge in [0.1, 0.15) is 0 Å². The fourth-order valence-electron chi connectivity index (χ4n) is 1.31. The van der Waals surface area contributed by atoms with E-state index in [0.717, 1.165) is 6.61 Å². The Labute approximate surface area is 82.3 Å². The number of hydrogen-bond donors (Lipinski definition) is 0. The molecule has 0 N–H and O–H groups in total. The summed E-state index contributed by atoms with van der Waals surface area (Å²) in [6.07, 6.45) is 5.92. The van der Waals surface area contributed by atoms with Crippen molar-refractivity contribution >= 4 is 9.52 Å². The minimum atomic E-state index is -0.0836. The van der Waals surface area contributed by atoms with Crippen LogP contribution in [0.15, 0.2) is 12.7 Å². The van der Waals surface area contributed by atoms with E-state index in [-0.39, 0.29) is 13.1 Å². The van der Waals surface area contributed by atoms with Crippen LogP contribution in [0.25, 0.3) is 0 Å². The van der Waals surface area contributed by atoms with E-state index in [1.54, 1.807) is 0 Å². The summed E-state index contributed by atoms with van der Waals surface area (Å²) in [5, 5.41) is 0. The van der Waals surface area contributed by atoms with Gasteiger partial charge in [0.25, 0.3) is 0 Å². The zero-order valence-corrected chi connectivity index (χ0v) is 10.4. The molecule has 0 saturated carbocycles. The summed E-state index contributed by atoms with van der Waals surface area (Å²) in [6.45, 7) is 4.73. The van der Waals surface area contributed by atoms with Crippen molar-refractivity contribution in [2.24, 2.45) is 0 Å². The summed E-state index contributed by atoms with van der Waals surface area (Å²) in [5.74, 6) is 0. The topological polar surface area (TPSA) is 9.23 Å². The van der Waals surface area contributed by atoms with Crippen molar-refractivity contribution in [3.05, 3.63) is 12.7 Å². The van der Waals surface area contributed by atoms with Gasteiger partial charge in [-0.25, -0.2) is 0 Å². The molecule has 1 saturated heterocycles. The average Bonchev–Trinajstić information content (AvgIpc) is 2.03. The van der Waals surface area contributed by atoms with E-state index in [2.05, 4.69) is 26.4 Å². The maximum atomic E-state index is 5.77. The standard InChI is InChI=1S/C8H15OSi.Pt/c1-2-7-10-8-5-3-4-6-9-8;/h2H,1,3-7,10H2;. The molecule has 67 valence electrons. The molecule has 1 atom stereocenters. The molecule has 1 heterocycles. The molecule has 1 aliphatic heterocycles. The van der Waals surface area contributed by atoms with Crippen LogP contribution in [0.4, 0.5) is 0 Å². The monoisotopic (exact) mass is 350 g/mol. The van der Waals surface area contributed by atoms with E-state index in [1.165, 1.54) is 25.3 Å². The van der Waals surface area contributed by atoms with Gasteiger partial charge in [0.15, 0.2) is 0 Å². The van der Waals surface area contributed by atoms with Crippen molar-refractivity contribution in [1.29, 1.82) is 0 Å². The van der Waals surface area contributed by atoms with E-state index in [1.807, 2.05) is 6.08 Å². The number of allylic oxidation sites excluding steroid dienone is 1. The van der Waals surface area contributed by atoms with Gasteiger partial charge in [0, 0.05) is 0 Å². The fourth-order valence-corrected chi connectivity index (χ4v) is 4.33. The van der Waals surface area contributed by atoms with Crippen LogP contribution in [0, 0.1) is 0 Å². The summed E-state index contributed by atoms with van der Waals surface area (Å²) in [4.78, 5) is 0. The number of rotatable bonds is 3. The fraction of sp³-hybridized carbons (Fsp3) is 0.750. The predicted octanol–water partition coefficient (Wildman–Crippen LogP) is 1.16. The second-order valence-corrected chi connectivity index (χ2v) is 8.73. The van der Waals surface area contributed by atoms with Crippen LogP contribution in [0.2, 0.25) is 6.04 Å². The van der Waals surface area contributed by atoms with Gasteiger partial charge in [0.05, 0.1) is 0 Å². The van der Waals surface area contributed by atoms with Crippen molar-refractivity contribution in [1.82, 2.24) is 0 Å². The SMILES string of the molecule is C=CC[SiH2][C]1([Pt])CCCCO1. The zero-order chi connectivity index (χ0) is 8.16. The Morgan fingerprint density at radius 3 is 3.00 bits per heavy atom. The molecule has 1 aliphatic rings. The van der Waals surface area contributed by atoms with Crippen LogP contribution in [0.5, 0.6) is 0 Å². The molecule has 0 aromatic heterocycles. The third kappa shape index (κ3) is 3.22. The van der Waals surface area contributed by atoms with Crippen LogP contribution >= 0.6 is 0 Å². The molecule has 0 aromatic carbocycles. The van der Waals surface area contributed by atoms with Gasteiger partial charge in [-0.2, -0.15) is 0 Å². The predicted molar refractivity (Wildman–Crippen MR) is 46.1 cm³/mol. The molecule has 1 nitrogen and oxygen atoms in total. The van der Waals surface area contributed by atoms with Gasteiger partial charge in [-0.1, -0.05) is 0 Å². The summed E-state index contributed by atoms with van der Waals surface area (Å²) < 4.78 is 6.04. The quantitative estimate of drug-likeness (QED) is 0.548. The molecule has 3 heteroatoms. The molecule has 0 radical (unpaired) electrons. The number of ether oxygens (including phenoxy) is 1. The van der Waals surface area contributed by atoms with Crippen molar-refractivity contribution in [3.8, 4) is 0 Å². The first-order chi connectivity index (χ1) is 5.27. The summed E-state index contributed by atoms with van der Waals surface area (Å²) in [6, 6.07) is 1.21. The zero-order valence-electron chi connectivity index (χ0n) is 6.75. The first-order valence-corrected chi connectivity index (χ1v) is 7.02. The third-order valence-electron chi connectivity index (χ3n) is 1.99. The summed E-state index contributed by atoms with van der Waals surface area (Å²) in [5.41, 5.74) is 0. The third-order valence-corrected chi connectivity index (χ3v) is 6.56. The first-order valence-electron chi connectivity index (χ1n) is 4.17. The van der Waals surface area contributed by atoms with E-state index in [9.17, 15) is 0 Å². The van der Waals surface area contributed by atoms with Gasteiger partial charge >= 0.3 is 82.3 Å². The molecule has 1 unspecified atom stereocenters. The molecular weight excluding hydrogens is 335 g/mol. The normalized spacial score (nSPS) is 32.9. The molecule has 0 aliphatic carbocycles. The van der Waals surface area contributed by atoms with Crippen molar-refractivity contribution in [3.63, 3.8) is 0 Å². The second-order valence-electron chi connectivity index (χ2n) is 2.96. The Morgan fingerprint density at radius 2 is 2.45 bits per heavy atom. The first kappa shape index (κ1) is 9.69. The summed E-state index contributed by atoms with van der Waals surface area (Å²) >= 11 is 2.49. The molecular formula is C8H15OPtSi. The molecule has 1 rings (SSSR count). The van der Waals surface area contributed by atoms with Crippen LogP contribution in [0.1, 0.15) is 19.3 Å². The van der Waals surface area contributed by atoms with Crippen LogP contribution < -0.4 is 0 Å². The Morgan fingerprint density at radius 1 is 1.64 bits per heavy atom. The van der Waals surface area contributed by atoms with Gasteiger partial charge in [-0.15, -0.1) is 0 Å². The van der Waals surface area contributed by atoms with Gasteiger partial charge in [0.2, 0.25) is 0 Å². The van der Waals surface area contributed by atoms with E-state index in [4.69, 9.17) is 4.74 Å². The van der Waals surface area contributed by atoms with Gasteiger partial charge < -0.3 is 0 Å². The Kier molecular flexibility index (Phi) is 4.04. The maximum absolute atomic E-state index is 5.77. The van der Waals surface area contributed by atoms with E-state index >= 15 is 0 Å². The Bertz CT molecular complexity index is 132.